The van der Waals surface area contributed by atoms with Gasteiger partial charge in [0.1, 0.15) is 0 Å². The fourth-order valence-electron chi connectivity index (χ4n) is 4.19. The van der Waals surface area contributed by atoms with Gasteiger partial charge in [-0.1, -0.05) is 24.6 Å². The summed E-state index contributed by atoms with van der Waals surface area (Å²) in [7, 11) is 2.07. The van der Waals surface area contributed by atoms with E-state index in [1.165, 1.54) is 5.69 Å². The number of piperidine rings is 1. The van der Waals surface area contributed by atoms with E-state index in [2.05, 4.69) is 24.1 Å². The van der Waals surface area contributed by atoms with Crippen LogP contribution in [0.25, 0.3) is 0 Å². The third-order valence-electron chi connectivity index (χ3n) is 6.13. The minimum Gasteiger partial charge on any atom is -0.481 e. The fraction of sp³-hybridized carbons (Fsp3) is 0.619. The summed E-state index contributed by atoms with van der Waals surface area (Å²) in [5, 5.41) is 9.26. The molecule has 5 heteroatoms. The Labute approximate surface area is 156 Å². The van der Waals surface area contributed by atoms with Crippen molar-refractivity contribution in [2.24, 2.45) is 17.8 Å². The van der Waals surface area contributed by atoms with Crippen molar-refractivity contribution in [2.45, 2.75) is 38.5 Å². The van der Waals surface area contributed by atoms with Crippen molar-refractivity contribution in [3.8, 4) is 0 Å². The van der Waals surface area contributed by atoms with Crippen LogP contribution in [0, 0.1) is 17.8 Å². The highest BCUT2D eigenvalue weighted by atomic mass is 16.4. The molecule has 5 nitrogen and oxygen atoms in total. The molecule has 26 heavy (non-hydrogen) atoms. The predicted molar refractivity (Wildman–Crippen MR) is 102 cm³/mol. The maximum Gasteiger partial charge on any atom is 0.303 e. The Morgan fingerprint density at radius 3 is 2.50 bits per heavy atom. The number of hydrogen-bond acceptors (Lipinski definition) is 3. The molecule has 1 N–H and O–H groups in total. The number of carboxylic acid groups (broad SMARTS) is 1. The van der Waals surface area contributed by atoms with Crippen LogP contribution in [-0.2, 0) is 9.59 Å². The summed E-state index contributed by atoms with van der Waals surface area (Å²) in [6.07, 6.45) is 5.15. The van der Waals surface area contributed by atoms with E-state index in [1.54, 1.807) is 0 Å². The summed E-state index contributed by atoms with van der Waals surface area (Å²) in [6.45, 7) is 2.31. The number of para-hydroxylation sites is 1. The van der Waals surface area contributed by atoms with E-state index in [0.29, 0.717) is 5.91 Å². The molecule has 0 spiro atoms. The van der Waals surface area contributed by atoms with E-state index in [-0.39, 0.29) is 24.2 Å². The Balaban J connectivity index is 1.60. The first-order valence-corrected chi connectivity index (χ1v) is 9.81. The number of carbonyl (C=O) groups is 2. The van der Waals surface area contributed by atoms with Crippen LogP contribution in [0.2, 0.25) is 0 Å². The second kappa shape index (κ2) is 8.56. The molecule has 1 aliphatic carbocycles. The zero-order valence-corrected chi connectivity index (χ0v) is 15.6. The minimum atomic E-state index is -0.727. The van der Waals surface area contributed by atoms with Gasteiger partial charge in [0.2, 0.25) is 5.91 Å². The Hall–Kier alpha value is -2.04. The Kier molecular flexibility index (Phi) is 6.17. The van der Waals surface area contributed by atoms with E-state index in [4.69, 9.17) is 0 Å². The molecule has 1 saturated heterocycles. The van der Waals surface area contributed by atoms with E-state index >= 15 is 0 Å². The van der Waals surface area contributed by atoms with Crippen LogP contribution in [0.3, 0.4) is 0 Å². The van der Waals surface area contributed by atoms with Gasteiger partial charge >= 0.3 is 5.97 Å². The Morgan fingerprint density at radius 2 is 1.88 bits per heavy atom. The molecule has 3 rings (SSSR count). The lowest BCUT2D eigenvalue weighted by Gasteiger charge is -2.41. The third-order valence-corrected chi connectivity index (χ3v) is 6.13. The Morgan fingerprint density at radius 1 is 1.15 bits per heavy atom. The first-order chi connectivity index (χ1) is 12.5. The lowest BCUT2D eigenvalue weighted by atomic mass is 9.79. The maximum atomic E-state index is 12.6. The summed E-state index contributed by atoms with van der Waals surface area (Å²) in [4.78, 5) is 28.1. The third kappa shape index (κ3) is 4.57. The molecule has 2 aliphatic rings. The molecule has 1 aromatic rings. The molecule has 0 bridgehead atoms. The second-order valence-corrected chi connectivity index (χ2v) is 7.86. The average molecular weight is 358 g/mol. The van der Waals surface area contributed by atoms with Crippen LogP contribution in [0.5, 0.6) is 0 Å². The number of benzene rings is 1. The molecular weight excluding hydrogens is 328 g/mol. The monoisotopic (exact) mass is 358 g/mol. The second-order valence-electron chi connectivity index (χ2n) is 7.86. The van der Waals surface area contributed by atoms with Crippen LogP contribution in [0.15, 0.2) is 30.3 Å². The molecule has 0 radical (unpaired) electrons. The molecule has 1 amide bonds. The van der Waals surface area contributed by atoms with Crippen LogP contribution < -0.4 is 4.90 Å². The molecule has 2 fully saturated rings. The van der Waals surface area contributed by atoms with Crippen LogP contribution in [0.1, 0.15) is 38.5 Å². The molecule has 0 aromatic heterocycles. The number of likely N-dealkylation sites (tertiary alicyclic amines) is 1. The van der Waals surface area contributed by atoms with Crippen molar-refractivity contribution in [3.05, 3.63) is 30.3 Å². The number of carbonyl (C=O) groups excluding carboxylic acids is 1. The van der Waals surface area contributed by atoms with Crippen molar-refractivity contribution in [3.63, 3.8) is 0 Å². The summed E-state index contributed by atoms with van der Waals surface area (Å²) < 4.78 is 0. The lowest BCUT2D eigenvalue weighted by molar-refractivity contribution is -0.142. The van der Waals surface area contributed by atoms with Gasteiger partial charge in [-0.2, -0.15) is 0 Å². The quantitative estimate of drug-likeness (QED) is 0.813. The van der Waals surface area contributed by atoms with E-state index < -0.39 is 5.97 Å². The highest BCUT2D eigenvalue weighted by Crippen LogP contribution is 2.34. The van der Waals surface area contributed by atoms with Gasteiger partial charge in [0.15, 0.2) is 0 Å². The van der Waals surface area contributed by atoms with Gasteiger partial charge in [0, 0.05) is 44.7 Å². The summed E-state index contributed by atoms with van der Waals surface area (Å²) in [5.74, 6) is 0.220. The van der Waals surface area contributed by atoms with E-state index in [0.717, 1.165) is 51.7 Å². The first kappa shape index (κ1) is 18.7. The number of hydrogen-bond donors (Lipinski definition) is 1. The fourth-order valence-corrected chi connectivity index (χ4v) is 4.19. The predicted octanol–water partition coefficient (Wildman–Crippen LogP) is 3.25. The Bertz CT molecular complexity index is 615. The number of carboxylic acids is 1. The first-order valence-electron chi connectivity index (χ1n) is 9.81. The summed E-state index contributed by atoms with van der Waals surface area (Å²) in [5.41, 5.74) is 1.17. The van der Waals surface area contributed by atoms with Gasteiger partial charge in [0.25, 0.3) is 0 Å². The van der Waals surface area contributed by atoms with E-state index in [9.17, 15) is 14.7 Å². The van der Waals surface area contributed by atoms with Crippen molar-refractivity contribution in [2.75, 3.05) is 31.6 Å². The van der Waals surface area contributed by atoms with E-state index in [1.807, 2.05) is 23.1 Å². The number of aliphatic carboxylic acids is 1. The van der Waals surface area contributed by atoms with Gasteiger partial charge in [-0.05, 0) is 49.7 Å². The zero-order chi connectivity index (χ0) is 18.5. The summed E-state index contributed by atoms with van der Waals surface area (Å²) >= 11 is 0. The normalized spacial score (nSPS) is 23.3. The molecule has 1 heterocycles. The lowest BCUT2D eigenvalue weighted by Crippen LogP contribution is -2.48. The average Bonchev–Trinajstić information content (AvgIpc) is 2.59. The maximum absolute atomic E-state index is 12.6. The van der Waals surface area contributed by atoms with Gasteiger partial charge in [-0.25, -0.2) is 0 Å². The molecular formula is C21H30N2O3. The van der Waals surface area contributed by atoms with Gasteiger partial charge in [-0.15, -0.1) is 0 Å². The largest absolute Gasteiger partial charge is 0.481 e. The smallest absolute Gasteiger partial charge is 0.303 e. The molecule has 1 aliphatic heterocycles. The number of nitrogens with zero attached hydrogens (tertiary/aromatic N) is 2. The van der Waals surface area contributed by atoms with Crippen molar-refractivity contribution in [1.82, 2.24) is 4.90 Å². The van der Waals surface area contributed by atoms with Crippen molar-refractivity contribution >= 4 is 17.6 Å². The van der Waals surface area contributed by atoms with Crippen LogP contribution in [0.4, 0.5) is 5.69 Å². The number of amides is 1. The van der Waals surface area contributed by atoms with Crippen LogP contribution in [-0.4, -0.2) is 48.6 Å². The zero-order valence-electron chi connectivity index (χ0n) is 15.6. The SMILES string of the molecule is CN(CC[C@@H]1CN(C(=O)C2CCC2)CC[C@H]1CC(=O)O)c1ccccc1. The minimum absolute atomic E-state index is 0.169. The van der Waals surface area contributed by atoms with Gasteiger partial charge in [-0.3, -0.25) is 9.59 Å². The molecule has 142 valence electrons. The van der Waals surface area contributed by atoms with Crippen LogP contribution >= 0.6 is 0 Å². The van der Waals surface area contributed by atoms with Gasteiger partial charge < -0.3 is 14.9 Å². The molecule has 1 saturated carbocycles. The summed E-state index contributed by atoms with van der Waals surface area (Å²) in [6, 6.07) is 10.2. The van der Waals surface area contributed by atoms with Crippen molar-refractivity contribution in [1.29, 1.82) is 0 Å². The van der Waals surface area contributed by atoms with Crippen molar-refractivity contribution < 1.29 is 14.7 Å². The number of anilines is 1. The molecule has 2 atom stereocenters. The molecule has 1 aromatic carbocycles. The number of rotatable bonds is 7. The molecule has 0 unspecified atom stereocenters. The van der Waals surface area contributed by atoms with Gasteiger partial charge in [0.05, 0.1) is 0 Å². The standard InChI is InChI=1S/C21H30N2O3/c1-22(19-8-3-2-4-9-19)12-10-18-15-23(21(26)16-6-5-7-16)13-11-17(18)14-20(24)25/h2-4,8-9,16-18H,5-7,10-15H2,1H3,(H,24,25)/t17-,18+/m0/s1. The topological polar surface area (TPSA) is 60.9 Å². The highest BCUT2D eigenvalue weighted by Gasteiger charge is 2.36. The highest BCUT2D eigenvalue weighted by molar-refractivity contribution is 5.79.